The van der Waals surface area contributed by atoms with Gasteiger partial charge in [0.15, 0.2) is 17.0 Å². The normalized spacial score (nSPS) is 15.8. The highest BCUT2D eigenvalue weighted by molar-refractivity contribution is 7.17. The molecule has 39 heavy (non-hydrogen) atoms. The van der Waals surface area contributed by atoms with Crippen molar-refractivity contribution in [1.29, 1.82) is 0 Å². The van der Waals surface area contributed by atoms with Gasteiger partial charge in [0.25, 0.3) is 11.8 Å². The molecule has 4 aromatic rings. The van der Waals surface area contributed by atoms with Crippen molar-refractivity contribution in [2.75, 3.05) is 5.32 Å². The number of nitrogens with zero attached hydrogens (tertiary/aromatic N) is 3. The van der Waals surface area contributed by atoms with Crippen LogP contribution < -0.4 is 11.1 Å². The van der Waals surface area contributed by atoms with Gasteiger partial charge in [0.2, 0.25) is 0 Å². The number of anilines is 1. The molecular formula is C27H25ClF3N5O2S. The van der Waals surface area contributed by atoms with Crippen LogP contribution in [-0.2, 0) is 19.0 Å². The molecule has 3 aromatic heterocycles. The zero-order valence-corrected chi connectivity index (χ0v) is 22.9. The Morgan fingerprint density at radius 3 is 2.49 bits per heavy atom. The maximum Gasteiger partial charge on any atom is 0.433 e. The summed E-state index contributed by atoms with van der Waals surface area (Å²) in [6.07, 6.45) is -2.56. The lowest BCUT2D eigenvalue weighted by Gasteiger charge is -2.33. The summed E-state index contributed by atoms with van der Waals surface area (Å²) >= 11 is 7.66. The molecule has 3 N–H and O–H groups in total. The van der Waals surface area contributed by atoms with Crippen molar-refractivity contribution >= 4 is 45.4 Å². The Bertz CT molecular complexity index is 1610. The third-order valence-corrected chi connectivity index (χ3v) is 8.59. The van der Waals surface area contributed by atoms with E-state index in [0.29, 0.717) is 22.4 Å². The van der Waals surface area contributed by atoms with Gasteiger partial charge >= 0.3 is 6.18 Å². The first-order valence-corrected chi connectivity index (χ1v) is 13.4. The highest BCUT2D eigenvalue weighted by atomic mass is 35.5. The monoisotopic (exact) mass is 575 g/mol. The van der Waals surface area contributed by atoms with Gasteiger partial charge in [-0.3, -0.25) is 9.59 Å². The number of thiophene rings is 1. The first-order chi connectivity index (χ1) is 18.3. The van der Waals surface area contributed by atoms with Crippen LogP contribution in [-0.4, -0.2) is 26.4 Å². The summed E-state index contributed by atoms with van der Waals surface area (Å²) in [6, 6.07) is 9.17. The zero-order valence-electron chi connectivity index (χ0n) is 21.3. The van der Waals surface area contributed by atoms with Gasteiger partial charge < -0.3 is 11.1 Å². The molecule has 1 aliphatic carbocycles. The molecule has 0 saturated carbocycles. The number of nitrogens with one attached hydrogen (secondary N) is 1. The van der Waals surface area contributed by atoms with Crippen molar-refractivity contribution in [3.8, 4) is 11.3 Å². The van der Waals surface area contributed by atoms with Gasteiger partial charge in [0.1, 0.15) is 10.0 Å². The van der Waals surface area contributed by atoms with E-state index in [1.165, 1.54) is 11.3 Å². The maximum absolute atomic E-state index is 14.0. The second-order valence-electron chi connectivity index (χ2n) is 10.6. The van der Waals surface area contributed by atoms with Crippen LogP contribution in [0.25, 0.3) is 16.9 Å². The topological polar surface area (TPSA) is 102 Å². The molecule has 204 valence electrons. The minimum Gasteiger partial charge on any atom is -0.365 e. The summed E-state index contributed by atoms with van der Waals surface area (Å²) in [6.45, 7) is 6.48. The van der Waals surface area contributed by atoms with Gasteiger partial charge in [-0.2, -0.15) is 18.3 Å². The van der Waals surface area contributed by atoms with E-state index in [9.17, 15) is 22.8 Å². The van der Waals surface area contributed by atoms with Crippen molar-refractivity contribution in [2.45, 2.75) is 46.2 Å². The Kier molecular flexibility index (Phi) is 6.70. The summed E-state index contributed by atoms with van der Waals surface area (Å²) in [5.74, 6) is -1.17. The number of amides is 2. The third-order valence-electron chi connectivity index (χ3n) is 7.07. The number of hydrogen-bond acceptors (Lipinski definition) is 5. The number of hydrogen-bond donors (Lipinski definition) is 2. The molecule has 3 heterocycles. The van der Waals surface area contributed by atoms with E-state index in [4.69, 9.17) is 17.3 Å². The van der Waals surface area contributed by atoms with Gasteiger partial charge in [-0.25, -0.2) is 9.50 Å². The summed E-state index contributed by atoms with van der Waals surface area (Å²) in [5, 5.41) is 6.41. The summed E-state index contributed by atoms with van der Waals surface area (Å²) < 4.78 is 42.5. The molecule has 12 heteroatoms. The smallest absolute Gasteiger partial charge is 0.365 e. The largest absolute Gasteiger partial charge is 0.433 e. The number of nitrogens with two attached hydrogens (primary N) is 1. The van der Waals surface area contributed by atoms with Crippen molar-refractivity contribution in [2.24, 2.45) is 17.1 Å². The number of fused-ring (bicyclic) bond motifs is 2. The lowest BCUT2D eigenvalue weighted by atomic mass is 9.72. The van der Waals surface area contributed by atoms with Crippen LogP contribution in [0.5, 0.6) is 0 Å². The summed E-state index contributed by atoms with van der Waals surface area (Å²) in [4.78, 5) is 30.9. The zero-order chi connectivity index (χ0) is 28.3. The SMILES string of the molecule is CC(C)(C)C1CCc2c(sc(NC(=O)c3nn4c(C(F)(F)F)cc(-c5ccccc5)nc4c3Cl)c2C(N)=O)C1. The Hall–Kier alpha value is -3.44. The number of carbonyl (C=O) groups excluding carboxylic acids is 2. The standard InChI is InChI=1S/C27H25ClF3N5O2S/c1-26(2,3)14-9-10-15-17(11-14)39-25(19(15)22(32)37)34-24(38)21-20(28)23-33-16(13-7-5-4-6-8-13)12-18(27(29,30)31)36(23)35-21/h4-8,12,14H,9-11H2,1-3H3,(H2,32,37)(H,34,38). The van der Waals surface area contributed by atoms with Crippen LogP contribution >= 0.6 is 22.9 Å². The quantitative estimate of drug-likeness (QED) is 0.285. The molecule has 5 rings (SSSR count). The minimum absolute atomic E-state index is 0.0273. The molecule has 1 unspecified atom stereocenters. The van der Waals surface area contributed by atoms with Gasteiger partial charge in [-0.05, 0) is 42.2 Å². The molecule has 2 amide bonds. The predicted octanol–water partition coefficient (Wildman–Crippen LogP) is 6.63. The molecule has 1 atom stereocenters. The average molecular weight is 576 g/mol. The molecule has 7 nitrogen and oxygen atoms in total. The van der Waals surface area contributed by atoms with Gasteiger partial charge in [-0.15, -0.1) is 11.3 Å². The molecule has 1 aromatic carbocycles. The van der Waals surface area contributed by atoms with Gasteiger partial charge in [0, 0.05) is 10.4 Å². The van der Waals surface area contributed by atoms with Crippen LogP contribution in [0.1, 0.15) is 64.2 Å². The van der Waals surface area contributed by atoms with Crippen molar-refractivity contribution < 1.29 is 22.8 Å². The summed E-state index contributed by atoms with van der Waals surface area (Å²) in [7, 11) is 0. The molecule has 0 spiro atoms. The van der Waals surface area contributed by atoms with E-state index < -0.39 is 29.4 Å². The molecule has 0 radical (unpaired) electrons. The Labute approximate surface area is 231 Å². The number of carbonyl (C=O) groups is 2. The lowest BCUT2D eigenvalue weighted by molar-refractivity contribution is -0.142. The van der Waals surface area contributed by atoms with Crippen molar-refractivity contribution in [1.82, 2.24) is 14.6 Å². The fraction of sp³-hybridized carbons (Fsp3) is 0.333. The van der Waals surface area contributed by atoms with E-state index in [-0.39, 0.29) is 32.3 Å². The number of rotatable bonds is 4. The van der Waals surface area contributed by atoms with Crippen LogP contribution in [0.15, 0.2) is 36.4 Å². The van der Waals surface area contributed by atoms with Gasteiger partial charge in [0.05, 0.1) is 11.3 Å². The molecule has 1 aliphatic rings. The lowest BCUT2D eigenvalue weighted by Crippen LogP contribution is -2.27. The van der Waals surface area contributed by atoms with Crippen LogP contribution in [0, 0.1) is 11.3 Å². The third kappa shape index (κ3) is 5.00. The van der Waals surface area contributed by atoms with E-state index in [1.807, 2.05) is 0 Å². The second-order valence-corrected chi connectivity index (χ2v) is 12.1. The fourth-order valence-electron chi connectivity index (χ4n) is 4.93. The van der Waals surface area contributed by atoms with Crippen LogP contribution in [0.2, 0.25) is 5.02 Å². The highest BCUT2D eigenvalue weighted by Crippen LogP contribution is 2.44. The number of primary amides is 1. The molecular weight excluding hydrogens is 551 g/mol. The van der Waals surface area contributed by atoms with Crippen LogP contribution in [0.3, 0.4) is 0 Å². The Balaban J connectivity index is 1.56. The maximum atomic E-state index is 14.0. The van der Waals surface area contributed by atoms with E-state index in [0.717, 1.165) is 29.3 Å². The summed E-state index contributed by atoms with van der Waals surface area (Å²) in [5.41, 5.74) is 5.34. The van der Waals surface area contributed by atoms with E-state index in [2.05, 4.69) is 36.2 Å². The van der Waals surface area contributed by atoms with E-state index >= 15 is 0 Å². The number of halogens is 4. The molecule has 0 aliphatic heterocycles. The predicted molar refractivity (Wildman–Crippen MR) is 144 cm³/mol. The average Bonchev–Trinajstić information content (AvgIpc) is 3.39. The Morgan fingerprint density at radius 2 is 1.87 bits per heavy atom. The number of benzene rings is 1. The minimum atomic E-state index is -4.80. The second kappa shape index (κ2) is 9.63. The molecule has 0 fully saturated rings. The first kappa shape index (κ1) is 27.1. The molecule has 0 bridgehead atoms. The first-order valence-electron chi connectivity index (χ1n) is 12.2. The van der Waals surface area contributed by atoms with Crippen LogP contribution in [0.4, 0.5) is 18.2 Å². The fourth-order valence-corrected chi connectivity index (χ4v) is 6.51. The number of alkyl halides is 3. The van der Waals surface area contributed by atoms with Gasteiger partial charge in [-0.1, -0.05) is 62.7 Å². The molecule has 0 saturated heterocycles. The Morgan fingerprint density at radius 1 is 1.18 bits per heavy atom. The van der Waals surface area contributed by atoms with Crippen molar-refractivity contribution in [3.05, 3.63) is 68.8 Å². The highest BCUT2D eigenvalue weighted by Gasteiger charge is 2.37. The van der Waals surface area contributed by atoms with Crippen molar-refractivity contribution in [3.63, 3.8) is 0 Å². The van der Waals surface area contributed by atoms with E-state index in [1.54, 1.807) is 30.3 Å². The number of aromatic nitrogens is 3.